The fourth-order valence-corrected chi connectivity index (χ4v) is 1.84. The summed E-state index contributed by atoms with van der Waals surface area (Å²) in [5, 5.41) is 11.8. The van der Waals surface area contributed by atoms with Gasteiger partial charge in [-0.3, -0.25) is 0 Å². The summed E-state index contributed by atoms with van der Waals surface area (Å²) in [7, 11) is 0. The summed E-state index contributed by atoms with van der Waals surface area (Å²) in [5.74, 6) is -1.51. The Morgan fingerprint density at radius 1 is 1.53 bits per heavy atom. The average molecular weight is 239 g/mol. The molecule has 17 heavy (non-hydrogen) atoms. The van der Waals surface area contributed by atoms with E-state index >= 15 is 0 Å². The van der Waals surface area contributed by atoms with Gasteiger partial charge in [-0.15, -0.1) is 0 Å². The van der Waals surface area contributed by atoms with Crippen molar-refractivity contribution in [2.45, 2.75) is 18.9 Å². The molecule has 1 aliphatic rings. The molecule has 0 amide bonds. The number of rotatable bonds is 3. The third-order valence-electron chi connectivity index (χ3n) is 2.73. The normalized spacial score (nSPS) is 19.9. The van der Waals surface area contributed by atoms with Crippen molar-refractivity contribution < 1.29 is 19.0 Å². The van der Waals surface area contributed by atoms with E-state index in [2.05, 4.69) is 5.32 Å². The molecular formula is C12H14FNO3. The number of hydrogen-bond acceptors (Lipinski definition) is 3. The van der Waals surface area contributed by atoms with E-state index in [4.69, 9.17) is 9.84 Å². The van der Waals surface area contributed by atoms with E-state index in [0.717, 1.165) is 25.5 Å². The van der Waals surface area contributed by atoms with Crippen LogP contribution >= 0.6 is 0 Å². The fourth-order valence-electron chi connectivity index (χ4n) is 1.84. The first-order valence-corrected chi connectivity index (χ1v) is 5.54. The zero-order valence-electron chi connectivity index (χ0n) is 9.28. The van der Waals surface area contributed by atoms with Gasteiger partial charge >= 0.3 is 5.97 Å². The molecule has 2 N–H and O–H groups in total. The molecule has 0 spiro atoms. The van der Waals surface area contributed by atoms with Crippen LogP contribution in [0, 0.1) is 5.82 Å². The molecule has 1 aromatic rings. The lowest BCUT2D eigenvalue weighted by Gasteiger charge is -2.24. The zero-order valence-corrected chi connectivity index (χ0v) is 9.28. The molecule has 1 atom stereocenters. The van der Waals surface area contributed by atoms with Crippen molar-refractivity contribution in [2.24, 2.45) is 0 Å². The van der Waals surface area contributed by atoms with Crippen LogP contribution in [-0.4, -0.2) is 30.3 Å². The van der Waals surface area contributed by atoms with E-state index in [9.17, 15) is 9.18 Å². The first-order valence-electron chi connectivity index (χ1n) is 5.54. The number of ether oxygens (including phenoxy) is 1. The molecule has 1 unspecified atom stereocenters. The van der Waals surface area contributed by atoms with Gasteiger partial charge in [0.05, 0.1) is 17.9 Å². The van der Waals surface area contributed by atoms with Crippen molar-refractivity contribution in [3.8, 4) is 0 Å². The van der Waals surface area contributed by atoms with E-state index in [1.165, 1.54) is 12.1 Å². The molecule has 92 valence electrons. The van der Waals surface area contributed by atoms with Crippen molar-refractivity contribution in [1.29, 1.82) is 0 Å². The van der Waals surface area contributed by atoms with Gasteiger partial charge in [-0.25, -0.2) is 9.18 Å². The SMILES string of the molecule is O=C(O)c1ccc(F)c(NC2CCCOC2)c1. The van der Waals surface area contributed by atoms with Gasteiger partial charge in [0.15, 0.2) is 0 Å². The highest BCUT2D eigenvalue weighted by molar-refractivity contribution is 5.88. The van der Waals surface area contributed by atoms with E-state index in [-0.39, 0.29) is 17.3 Å². The van der Waals surface area contributed by atoms with E-state index in [1.54, 1.807) is 0 Å². The molecule has 1 aliphatic heterocycles. The second-order valence-corrected chi connectivity index (χ2v) is 4.06. The predicted octanol–water partition coefficient (Wildman–Crippen LogP) is 2.11. The Labute approximate surface area is 98.4 Å². The molecule has 0 aromatic heterocycles. The number of aromatic carboxylic acids is 1. The van der Waals surface area contributed by atoms with Crippen LogP contribution in [0.25, 0.3) is 0 Å². The van der Waals surface area contributed by atoms with Crippen molar-refractivity contribution >= 4 is 11.7 Å². The van der Waals surface area contributed by atoms with Crippen molar-refractivity contribution in [3.05, 3.63) is 29.6 Å². The second-order valence-electron chi connectivity index (χ2n) is 4.06. The van der Waals surface area contributed by atoms with E-state index in [0.29, 0.717) is 6.61 Å². The van der Waals surface area contributed by atoms with Crippen molar-refractivity contribution in [2.75, 3.05) is 18.5 Å². The number of nitrogens with one attached hydrogen (secondary N) is 1. The summed E-state index contributed by atoms with van der Waals surface area (Å²) in [5.41, 5.74) is 0.297. The number of carbonyl (C=O) groups is 1. The van der Waals surface area contributed by atoms with Crippen LogP contribution in [0.5, 0.6) is 0 Å². The lowest BCUT2D eigenvalue weighted by Crippen LogP contribution is -2.30. The summed E-state index contributed by atoms with van der Waals surface area (Å²) in [4.78, 5) is 10.8. The quantitative estimate of drug-likeness (QED) is 0.848. The number of carboxylic acid groups (broad SMARTS) is 1. The van der Waals surface area contributed by atoms with Crippen LogP contribution in [0.15, 0.2) is 18.2 Å². The minimum atomic E-state index is -1.06. The third kappa shape index (κ3) is 2.94. The third-order valence-corrected chi connectivity index (χ3v) is 2.73. The monoisotopic (exact) mass is 239 g/mol. The topological polar surface area (TPSA) is 58.6 Å². The molecule has 0 radical (unpaired) electrons. The Kier molecular flexibility index (Phi) is 3.58. The Hall–Kier alpha value is -1.62. The summed E-state index contributed by atoms with van der Waals surface area (Å²) in [6, 6.07) is 3.77. The maximum absolute atomic E-state index is 13.5. The highest BCUT2D eigenvalue weighted by Gasteiger charge is 2.16. The molecule has 1 aromatic carbocycles. The lowest BCUT2D eigenvalue weighted by molar-refractivity contribution is 0.0697. The van der Waals surface area contributed by atoms with Crippen molar-refractivity contribution in [1.82, 2.24) is 0 Å². The molecule has 0 bridgehead atoms. The minimum absolute atomic E-state index is 0.0438. The summed E-state index contributed by atoms with van der Waals surface area (Å²) < 4.78 is 18.8. The van der Waals surface area contributed by atoms with Crippen LogP contribution < -0.4 is 5.32 Å². The number of carboxylic acids is 1. The second kappa shape index (κ2) is 5.14. The van der Waals surface area contributed by atoms with Crippen LogP contribution in [0.1, 0.15) is 23.2 Å². The van der Waals surface area contributed by atoms with Gasteiger partial charge in [0.25, 0.3) is 0 Å². The molecule has 0 aliphatic carbocycles. The van der Waals surface area contributed by atoms with Crippen molar-refractivity contribution in [3.63, 3.8) is 0 Å². The standard InChI is InChI=1S/C12H14FNO3/c13-10-4-3-8(12(15)16)6-11(10)14-9-2-1-5-17-7-9/h3-4,6,9,14H,1-2,5,7H2,(H,15,16). The van der Waals surface area contributed by atoms with Gasteiger partial charge in [-0.2, -0.15) is 0 Å². The first kappa shape index (κ1) is 11.9. The first-order chi connectivity index (χ1) is 8.16. The molecular weight excluding hydrogens is 225 g/mol. The molecule has 5 heteroatoms. The Morgan fingerprint density at radius 3 is 3.00 bits per heavy atom. The lowest BCUT2D eigenvalue weighted by atomic mass is 10.1. The average Bonchev–Trinajstić information content (AvgIpc) is 2.33. The van der Waals surface area contributed by atoms with Gasteiger partial charge < -0.3 is 15.2 Å². The molecule has 0 saturated carbocycles. The Balaban J connectivity index is 2.13. The maximum atomic E-state index is 13.5. The van der Waals surface area contributed by atoms with Crippen LogP contribution in [0.4, 0.5) is 10.1 Å². The number of hydrogen-bond donors (Lipinski definition) is 2. The van der Waals surface area contributed by atoms with Gasteiger partial charge in [-0.05, 0) is 31.0 Å². The highest BCUT2D eigenvalue weighted by atomic mass is 19.1. The highest BCUT2D eigenvalue weighted by Crippen LogP contribution is 2.19. The Bertz CT molecular complexity index is 416. The van der Waals surface area contributed by atoms with Crippen LogP contribution in [0.3, 0.4) is 0 Å². The fraction of sp³-hybridized carbons (Fsp3) is 0.417. The van der Waals surface area contributed by atoms with Gasteiger partial charge in [0.1, 0.15) is 5.82 Å². The molecule has 2 rings (SSSR count). The summed E-state index contributed by atoms with van der Waals surface area (Å²) in [6.45, 7) is 1.26. The van der Waals surface area contributed by atoms with Gasteiger partial charge in [-0.1, -0.05) is 0 Å². The number of anilines is 1. The van der Waals surface area contributed by atoms with E-state index in [1.807, 2.05) is 0 Å². The molecule has 1 heterocycles. The number of halogens is 1. The predicted molar refractivity (Wildman–Crippen MR) is 60.8 cm³/mol. The molecule has 1 saturated heterocycles. The molecule has 4 nitrogen and oxygen atoms in total. The summed E-state index contributed by atoms with van der Waals surface area (Å²) in [6.07, 6.45) is 1.83. The smallest absolute Gasteiger partial charge is 0.335 e. The zero-order chi connectivity index (χ0) is 12.3. The largest absolute Gasteiger partial charge is 0.478 e. The van der Waals surface area contributed by atoms with Gasteiger partial charge in [0, 0.05) is 12.6 Å². The van der Waals surface area contributed by atoms with Crippen LogP contribution in [0.2, 0.25) is 0 Å². The van der Waals surface area contributed by atoms with Crippen LogP contribution in [-0.2, 0) is 4.74 Å². The van der Waals surface area contributed by atoms with E-state index < -0.39 is 11.8 Å². The Morgan fingerprint density at radius 2 is 2.35 bits per heavy atom. The minimum Gasteiger partial charge on any atom is -0.478 e. The maximum Gasteiger partial charge on any atom is 0.335 e. The summed E-state index contributed by atoms with van der Waals surface area (Å²) >= 11 is 0. The molecule has 1 fully saturated rings. The number of benzene rings is 1. The van der Waals surface area contributed by atoms with Gasteiger partial charge in [0.2, 0.25) is 0 Å².